The number of aryl methyl sites for hydroxylation is 1. The van der Waals surface area contributed by atoms with Crippen molar-refractivity contribution >= 4 is 11.6 Å². The molecule has 0 fully saturated rings. The van der Waals surface area contributed by atoms with E-state index in [1.165, 1.54) is 0 Å². The van der Waals surface area contributed by atoms with Crippen LogP contribution in [0, 0.1) is 6.92 Å². The van der Waals surface area contributed by atoms with Gasteiger partial charge in [-0.3, -0.25) is 4.98 Å². The fraction of sp³-hybridized carbons (Fsp3) is 0.312. The Morgan fingerprint density at radius 3 is 2.90 bits per heavy atom. The lowest BCUT2D eigenvalue weighted by atomic mass is 10.2. The fourth-order valence-electron chi connectivity index (χ4n) is 1.90. The highest BCUT2D eigenvalue weighted by atomic mass is 35.5. The van der Waals surface area contributed by atoms with E-state index in [-0.39, 0.29) is 0 Å². The van der Waals surface area contributed by atoms with E-state index >= 15 is 0 Å². The van der Waals surface area contributed by atoms with Crippen molar-refractivity contribution in [3.05, 3.63) is 58.4 Å². The number of halogens is 1. The van der Waals surface area contributed by atoms with Crippen molar-refractivity contribution in [2.75, 3.05) is 6.54 Å². The van der Waals surface area contributed by atoms with Gasteiger partial charge in [0, 0.05) is 23.3 Å². The van der Waals surface area contributed by atoms with Gasteiger partial charge in [-0.2, -0.15) is 0 Å². The number of hydrogen-bond donors (Lipinski definition) is 1. The predicted octanol–water partition coefficient (Wildman–Crippen LogP) is 3.73. The summed E-state index contributed by atoms with van der Waals surface area (Å²) in [6.07, 6.45) is 1.78. The molecule has 1 aromatic heterocycles. The van der Waals surface area contributed by atoms with Crippen LogP contribution in [0.25, 0.3) is 0 Å². The first-order chi connectivity index (χ1) is 9.70. The maximum absolute atomic E-state index is 6.04. The van der Waals surface area contributed by atoms with Crippen LogP contribution >= 0.6 is 11.6 Å². The second-order valence-corrected chi connectivity index (χ2v) is 5.02. The Morgan fingerprint density at radius 1 is 1.30 bits per heavy atom. The van der Waals surface area contributed by atoms with Gasteiger partial charge in [0.05, 0.1) is 5.69 Å². The van der Waals surface area contributed by atoms with Crippen molar-refractivity contribution in [1.82, 2.24) is 10.3 Å². The first-order valence-corrected chi connectivity index (χ1v) is 7.11. The standard InChI is InChI=1S/C16H19ClN2O/c1-3-18-10-13-9-14(17)6-7-16(13)20-11-15-12(2)5-4-8-19-15/h4-9,18H,3,10-11H2,1-2H3. The maximum Gasteiger partial charge on any atom is 0.130 e. The Morgan fingerprint density at radius 2 is 2.15 bits per heavy atom. The topological polar surface area (TPSA) is 34.1 Å². The monoisotopic (exact) mass is 290 g/mol. The molecule has 1 aromatic carbocycles. The third-order valence-electron chi connectivity index (χ3n) is 3.07. The molecule has 0 spiro atoms. The summed E-state index contributed by atoms with van der Waals surface area (Å²) in [6, 6.07) is 9.65. The molecule has 0 saturated carbocycles. The lowest BCUT2D eigenvalue weighted by molar-refractivity contribution is 0.296. The van der Waals surface area contributed by atoms with E-state index in [0.29, 0.717) is 6.61 Å². The van der Waals surface area contributed by atoms with E-state index < -0.39 is 0 Å². The molecular formula is C16H19ClN2O. The Kier molecular flexibility index (Phi) is 5.39. The van der Waals surface area contributed by atoms with E-state index in [4.69, 9.17) is 16.3 Å². The predicted molar refractivity (Wildman–Crippen MR) is 82.1 cm³/mol. The highest BCUT2D eigenvalue weighted by Crippen LogP contribution is 2.24. The van der Waals surface area contributed by atoms with E-state index in [1.54, 1.807) is 6.20 Å². The van der Waals surface area contributed by atoms with Crippen LogP contribution in [0.4, 0.5) is 0 Å². The molecule has 0 aliphatic rings. The van der Waals surface area contributed by atoms with Gasteiger partial charge in [0.25, 0.3) is 0 Å². The molecule has 0 saturated heterocycles. The smallest absolute Gasteiger partial charge is 0.130 e. The molecule has 0 radical (unpaired) electrons. The van der Waals surface area contributed by atoms with Crippen LogP contribution in [-0.2, 0) is 13.2 Å². The Hall–Kier alpha value is -1.58. The van der Waals surface area contributed by atoms with Gasteiger partial charge in [0.1, 0.15) is 12.4 Å². The molecule has 1 N–H and O–H groups in total. The molecule has 4 heteroatoms. The van der Waals surface area contributed by atoms with E-state index in [0.717, 1.165) is 40.7 Å². The lowest BCUT2D eigenvalue weighted by Gasteiger charge is -2.13. The molecule has 0 bridgehead atoms. The van der Waals surface area contributed by atoms with Crippen LogP contribution < -0.4 is 10.1 Å². The van der Waals surface area contributed by atoms with Crippen LogP contribution in [0.15, 0.2) is 36.5 Å². The molecule has 20 heavy (non-hydrogen) atoms. The van der Waals surface area contributed by atoms with Crippen LogP contribution in [0.2, 0.25) is 5.02 Å². The van der Waals surface area contributed by atoms with Gasteiger partial charge in [-0.15, -0.1) is 0 Å². The molecule has 2 rings (SSSR count). The van der Waals surface area contributed by atoms with Crippen molar-refractivity contribution in [1.29, 1.82) is 0 Å². The third-order valence-corrected chi connectivity index (χ3v) is 3.31. The normalized spacial score (nSPS) is 10.6. The highest BCUT2D eigenvalue weighted by molar-refractivity contribution is 6.30. The minimum absolute atomic E-state index is 0.466. The summed E-state index contributed by atoms with van der Waals surface area (Å²) >= 11 is 6.04. The summed E-state index contributed by atoms with van der Waals surface area (Å²) in [5, 5.41) is 4.01. The molecule has 106 valence electrons. The fourth-order valence-corrected chi connectivity index (χ4v) is 2.10. The average molecular weight is 291 g/mol. The van der Waals surface area contributed by atoms with Crippen molar-refractivity contribution < 1.29 is 4.74 Å². The number of aromatic nitrogens is 1. The van der Waals surface area contributed by atoms with Crippen molar-refractivity contribution in [2.45, 2.75) is 27.0 Å². The minimum Gasteiger partial charge on any atom is -0.487 e. The van der Waals surface area contributed by atoms with Gasteiger partial charge in [0.2, 0.25) is 0 Å². The van der Waals surface area contributed by atoms with Crippen molar-refractivity contribution in [3.8, 4) is 5.75 Å². The summed E-state index contributed by atoms with van der Waals surface area (Å²) in [5.41, 5.74) is 3.15. The summed E-state index contributed by atoms with van der Waals surface area (Å²) in [4.78, 5) is 4.34. The summed E-state index contributed by atoms with van der Waals surface area (Å²) in [6.45, 7) is 6.22. The van der Waals surface area contributed by atoms with Gasteiger partial charge in [0.15, 0.2) is 0 Å². The average Bonchev–Trinajstić information content (AvgIpc) is 2.45. The number of benzene rings is 1. The largest absolute Gasteiger partial charge is 0.487 e. The van der Waals surface area contributed by atoms with Gasteiger partial charge >= 0.3 is 0 Å². The molecule has 0 atom stereocenters. The first-order valence-electron chi connectivity index (χ1n) is 6.73. The van der Waals surface area contributed by atoms with Crippen molar-refractivity contribution in [3.63, 3.8) is 0 Å². The first kappa shape index (κ1) is 14.8. The number of hydrogen-bond acceptors (Lipinski definition) is 3. The molecule has 0 unspecified atom stereocenters. The van der Waals surface area contributed by atoms with E-state index in [1.807, 2.05) is 37.3 Å². The zero-order chi connectivity index (χ0) is 14.4. The molecule has 1 heterocycles. The molecular weight excluding hydrogens is 272 g/mol. The number of pyridine rings is 1. The van der Waals surface area contributed by atoms with Crippen LogP contribution in [0.5, 0.6) is 5.75 Å². The SMILES string of the molecule is CCNCc1cc(Cl)ccc1OCc1ncccc1C. The zero-order valence-electron chi connectivity index (χ0n) is 11.8. The van der Waals surface area contributed by atoms with Crippen LogP contribution in [-0.4, -0.2) is 11.5 Å². The van der Waals surface area contributed by atoms with Gasteiger partial charge in [-0.25, -0.2) is 0 Å². The summed E-state index contributed by atoms with van der Waals surface area (Å²) in [7, 11) is 0. The minimum atomic E-state index is 0.466. The maximum atomic E-state index is 6.04. The Balaban J connectivity index is 2.10. The number of rotatable bonds is 6. The summed E-state index contributed by atoms with van der Waals surface area (Å²) in [5.74, 6) is 0.848. The van der Waals surface area contributed by atoms with E-state index in [9.17, 15) is 0 Å². The summed E-state index contributed by atoms with van der Waals surface area (Å²) < 4.78 is 5.89. The second kappa shape index (κ2) is 7.27. The highest BCUT2D eigenvalue weighted by Gasteiger charge is 2.06. The number of nitrogens with one attached hydrogen (secondary N) is 1. The lowest BCUT2D eigenvalue weighted by Crippen LogP contribution is -2.13. The molecule has 3 nitrogen and oxygen atoms in total. The van der Waals surface area contributed by atoms with Gasteiger partial charge in [-0.05, 0) is 43.3 Å². The Labute approximate surface area is 124 Å². The third kappa shape index (κ3) is 3.95. The van der Waals surface area contributed by atoms with Gasteiger partial charge < -0.3 is 10.1 Å². The van der Waals surface area contributed by atoms with Crippen LogP contribution in [0.3, 0.4) is 0 Å². The number of nitrogens with zero attached hydrogens (tertiary/aromatic N) is 1. The second-order valence-electron chi connectivity index (χ2n) is 4.59. The zero-order valence-corrected chi connectivity index (χ0v) is 12.6. The molecule has 0 aliphatic carbocycles. The van der Waals surface area contributed by atoms with Crippen LogP contribution in [0.1, 0.15) is 23.7 Å². The number of ether oxygens (including phenoxy) is 1. The molecule has 2 aromatic rings. The van der Waals surface area contributed by atoms with Crippen molar-refractivity contribution in [2.24, 2.45) is 0 Å². The Bertz CT molecular complexity index is 572. The van der Waals surface area contributed by atoms with Gasteiger partial charge in [-0.1, -0.05) is 24.6 Å². The van der Waals surface area contributed by atoms with E-state index in [2.05, 4.69) is 17.2 Å². The molecule has 0 amide bonds. The quantitative estimate of drug-likeness (QED) is 0.880. The molecule has 0 aliphatic heterocycles.